The van der Waals surface area contributed by atoms with Crippen molar-refractivity contribution in [3.63, 3.8) is 0 Å². The van der Waals surface area contributed by atoms with Crippen LogP contribution in [0.4, 0.5) is 46.5 Å². The highest BCUT2D eigenvalue weighted by Gasteiger charge is 2.45. The van der Waals surface area contributed by atoms with Crippen molar-refractivity contribution in [2.45, 2.75) is 113 Å². The number of nitrogens with zero attached hydrogens (tertiary/aromatic N) is 28. The van der Waals surface area contributed by atoms with Gasteiger partial charge in [-0.05, 0) is 73.5 Å². The largest absolute Gasteiger partial charge is 0.394 e. The average Bonchev–Trinajstić information content (AvgIpc) is 1.59. The van der Waals surface area contributed by atoms with E-state index in [4.69, 9.17) is 38.9 Å². The molecule has 0 saturated carbocycles. The van der Waals surface area contributed by atoms with Gasteiger partial charge in [0.25, 0.3) is 0 Å². The Morgan fingerprint density at radius 2 is 0.621 bits per heavy atom. The van der Waals surface area contributed by atoms with Gasteiger partial charge in [0.2, 0.25) is 23.8 Å². The number of fused-ring (bicyclic) bond motifs is 4. The zero-order valence-corrected chi connectivity index (χ0v) is 70.3. The molecule has 0 aromatic carbocycles. The molecule has 0 unspecified atom stereocenters. The maximum absolute atomic E-state index is 9.54. The third kappa shape index (κ3) is 17.2. The predicted molar refractivity (Wildman–Crippen MR) is 460 cm³/mol. The van der Waals surface area contributed by atoms with Crippen molar-refractivity contribution < 1.29 is 39.4 Å². The summed E-state index contributed by atoms with van der Waals surface area (Å²) in [5, 5.41) is 130. The lowest BCUT2D eigenvalue weighted by Crippen LogP contribution is -2.51. The summed E-state index contributed by atoms with van der Waals surface area (Å²) in [6.07, 6.45) is 29.1. The van der Waals surface area contributed by atoms with Crippen LogP contribution in [0.15, 0.2) is 145 Å². The minimum Gasteiger partial charge on any atom is -0.394 e. The number of nitriles is 4. The van der Waals surface area contributed by atoms with Gasteiger partial charge in [-0.3, -0.25) is 37.5 Å². The number of aromatic nitrogens is 24. The van der Waals surface area contributed by atoms with Gasteiger partial charge in [0.15, 0.2) is 0 Å². The summed E-state index contributed by atoms with van der Waals surface area (Å²) in [6.45, 7) is 11.8. The standard InChI is InChI=1S/4C20H20N8O2S/c2*1-13(10-29)27-9-15(7-22-27)24-19-25-16-2-5-31-18(16)17(26-19)14-6-23-28(8-14)20(3-4-21)11-30-12-20;2*1-13(29)8-27-10-15(7-22-27)24-19-25-16-2-5-31-18(16)17(26-19)14-6-23-28(9-14)20(3-4-21)11-30-12-20/h2*2,5-9,13,29H,3,10-12H2,1H3,(H,24,25,26);2*2,5-7,9-10,13,29H,3,8,11-12H2,1H3,(H,24,25,26)/t4*13-/m1010/s1. The van der Waals surface area contributed by atoms with E-state index in [1.54, 1.807) is 140 Å². The van der Waals surface area contributed by atoms with Crippen LogP contribution < -0.4 is 21.3 Å². The van der Waals surface area contributed by atoms with Gasteiger partial charge in [-0.1, -0.05) is 0 Å². The molecule has 0 radical (unpaired) electrons. The summed E-state index contributed by atoms with van der Waals surface area (Å²) in [5.41, 5.74) is 11.1. The van der Waals surface area contributed by atoms with Gasteiger partial charge in [-0.15, -0.1) is 45.3 Å². The molecule has 4 atom stereocenters. The molecule has 0 aliphatic carbocycles. The molecule has 44 heteroatoms. The number of anilines is 8. The van der Waals surface area contributed by atoms with E-state index in [1.807, 2.05) is 116 Å². The second kappa shape index (κ2) is 35.6. The number of hydrogen-bond acceptors (Lipinski definition) is 36. The maximum Gasteiger partial charge on any atom is 0.228 e. The van der Waals surface area contributed by atoms with Crippen LogP contribution in [0.2, 0.25) is 0 Å². The van der Waals surface area contributed by atoms with Gasteiger partial charge < -0.3 is 60.6 Å². The Hall–Kier alpha value is -13.3. The number of ether oxygens (including phenoxy) is 4. The molecule has 0 spiro atoms. The molecule has 0 bridgehead atoms. The van der Waals surface area contributed by atoms with Crippen LogP contribution in [0.3, 0.4) is 0 Å². The van der Waals surface area contributed by atoms with Crippen molar-refractivity contribution in [1.29, 1.82) is 21.0 Å². The van der Waals surface area contributed by atoms with E-state index in [-0.39, 0.29) is 25.3 Å². The number of rotatable bonds is 28. The number of aliphatic hydroxyl groups is 4. The molecule has 16 aromatic rings. The zero-order chi connectivity index (χ0) is 85.7. The summed E-state index contributed by atoms with van der Waals surface area (Å²) in [6, 6.07) is 16.5. The van der Waals surface area contributed by atoms with E-state index < -0.39 is 34.4 Å². The zero-order valence-electron chi connectivity index (χ0n) is 67.1. The second-order valence-corrected chi connectivity index (χ2v) is 34.3. The first-order chi connectivity index (χ1) is 60.3. The topological polar surface area (TPSA) is 507 Å². The number of hydrogen-bond donors (Lipinski definition) is 8. The van der Waals surface area contributed by atoms with Crippen LogP contribution in [0.5, 0.6) is 0 Å². The normalized spacial score (nSPS) is 16.0. The van der Waals surface area contributed by atoms with Crippen LogP contribution in [0.1, 0.15) is 65.5 Å². The Morgan fingerprint density at radius 1 is 0.363 bits per heavy atom. The Balaban J connectivity index is 0.000000117. The molecule has 4 saturated heterocycles. The third-order valence-corrected chi connectivity index (χ3v) is 24.7. The quantitative estimate of drug-likeness (QED) is 0.0226. The van der Waals surface area contributed by atoms with Gasteiger partial charge in [0.05, 0.1) is 289 Å². The molecule has 632 valence electrons. The van der Waals surface area contributed by atoms with Crippen LogP contribution in [0.25, 0.3) is 85.9 Å². The summed E-state index contributed by atoms with van der Waals surface area (Å²) < 4.78 is 39.3. The van der Waals surface area contributed by atoms with Gasteiger partial charge in [-0.25, -0.2) is 39.9 Å². The molecular formula is C80H80N32O8S4. The van der Waals surface area contributed by atoms with Gasteiger partial charge >= 0.3 is 0 Å². The molecule has 4 fully saturated rings. The lowest BCUT2D eigenvalue weighted by Gasteiger charge is -2.39. The van der Waals surface area contributed by atoms with Gasteiger partial charge in [0.1, 0.15) is 22.2 Å². The predicted octanol–water partition coefficient (Wildman–Crippen LogP) is 10.4. The molecule has 124 heavy (non-hydrogen) atoms. The first-order valence-electron chi connectivity index (χ1n) is 39.2. The highest BCUT2D eigenvalue weighted by Crippen LogP contribution is 2.41. The Morgan fingerprint density at radius 3 is 0.855 bits per heavy atom. The van der Waals surface area contributed by atoms with Gasteiger partial charge in [0, 0.05) is 71.8 Å². The van der Waals surface area contributed by atoms with Crippen molar-refractivity contribution >= 4 is 133 Å². The highest BCUT2D eigenvalue weighted by atomic mass is 32.1. The smallest absolute Gasteiger partial charge is 0.228 e. The monoisotopic (exact) mass is 1740 g/mol. The minimum atomic E-state index is -0.486. The van der Waals surface area contributed by atoms with E-state index in [1.165, 1.54) is 0 Å². The van der Waals surface area contributed by atoms with Crippen molar-refractivity contribution in [3.8, 4) is 69.3 Å². The number of nitrogens with one attached hydrogen (secondary N) is 4. The third-order valence-electron chi connectivity index (χ3n) is 21.0. The van der Waals surface area contributed by atoms with E-state index >= 15 is 0 Å². The van der Waals surface area contributed by atoms with Gasteiger partial charge in [-0.2, -0.15) is 61.8 Å². The Bertz CT molecular complexity index is 6240. The highest BCUT2D eigenvalue weighted by molar-refractivity contribution is 7.18. The fraction of sp³-hybridized carbons (Fsp3) is 0.350. The molecule has 40 nitrogen and oxygen atoms in total. The van der Waals surface area contributed by atoms with Crippen LogP contribution in [0, 0.1) is 45.3 Å². The molecular weight excluding hydrogens is 1670 g/mol. The summed E-state index contributed by atoms with van der Waals surface area (Å²) >= 11 is 6.28. The Kier molecular flexibility index (Phi) is 23.8. The van der Waals surface area contributed by atoms with Crippen molar-refractivity contribution in [2.24, 2.45) is 0 Å². The average molecular weight is 1750 g/mol. The lowest BCUT2D eigenvalue weighted by atomic mass is 9.94. The van der Waals surface area contributed by atoms with Crippen LogP contribution >= 0.6 is 45.3 Å². The fourth-order valence-electron chi connectivity index (χ4n) is 14.0. The SMILES string of the molecule is C[C@@H](CO)n1cc(Nc2nc(-c3cnn(C4(CC#N)COC4)c3)c3sccc3n2)cn1.C[C@@H](O)Cn1cc(Nc2nc(-c3cnn(C4(CC#N)COC4)c3)c3sccc3n2)cn1.C[C@H](CO)n1cc(Nc2nc(-c3cnn(C4(CC#N)COC4)c3)c3sccc3n2)cn1.C[C@H](O)Cn1cc(Nc2nc(-c3cnn(C4(CC#N)COC4)c3)c3sccc3n2)cn1. The molecule has 16 aromatic heterocycles. The Labute approximate surface area is 721 Å². The first kappa shape index (κ1) is 83.0. The van der Waals surface area contributed by atoms with Crippen LogP contribution in [-0.2, 0) is 54.2 Å². The van der Waals surface area contributed by atoms with Crippen molar-refractivity contribution in [2.75, 3.05) is 87.3 Å². The van der Waals surface area contributed by atoms with Crippen molar-refractivity contribution in [3.05, 3.63) is 145 Å². The summed E-state index contributed by atoms with van der Waals surface area (Å²) in [5.74, 6) is 1.79. The minimum absolute atomic E-state index is 0.00491. The number of aliphatic hydroxyl groups excluding tert-OH is 4. The van der Waals surface area contributed by atoms with E-state index in [2.05, 4.69) is 106 Å². The molecule has 20 heterocycles. The van der Waals surface area contributed by atoms with Crippen molar-refractivity contribution in [1.82, 2.24) is 118 Å². The molecule has 8 N–H and O–H groups in total. The van der Waals surface area contributed by atoms with Crippen LogP contribution in [-0.4, -0.2) is 217 Å². The summed E-state index contributed by atoms with van der Waals surface area (Å²) in [7, 11) is 0. The van der Waals surface area contributed by atoms with E-state index in [9.17, 15) is 41.5 Å². The first-order valence-corrected chi connectivity index (χ1v) is 42.7. The lowest BCUT2D eigenvalue weighted by molar-refractivity contribution is -0.104. The second-order valence-electron chi connectivity index (χ2n) is 30.6. The number of thiophene rings is 4. The summed E-state index contributed by atoms with van der Waals surface area (Å²) in [4.78, 5) is 37.4. The molecule has 4 aliphatic rings. The molecule has 0 amide bonds. The molecule has 20 rings (SSSR count). The maximum atomic E-state index is 9.54. The van der Waals surface area contributed by atoms with E-state index in [0.717, 1.165) is 109 Å². The van der Waals surface area contributed by atoms with E-state index in [0.29, 0.717) is 115 Å². The molecule has 4 aliphatic heterocycles. The fourth-order valence-corrected chi connectivity index (χ4v) is 17.4.